The number of rotatable bonds is 3. The van der Waals surface area contributed by atoms with Crippen molar-refractivity contribution in [2.45, 2.75) is 45.1 Å². The second kappa shape index (κ2) is 5.35. The molecule has 0 aromatic rings. The summed E-state index contributed by atoms with van der Waals surface area (Å²) in [7, 11) is 1.40. The van der Waals surface area contributed by atoms with Crippen molar-refractivity contribution in [1.82, 2.24) is 0 Å². The van der Waals surface area contributed by atoms with Gasteiger partial charge in [-0.15, -0.1) is 0 Å². The van der Waals surface area contributed by atoms with Gasteiger partial charge < -0.3 is 10.5 Å². The molecule has 0 amide bonds. The van der Waals surface area contributed by atoms with Crippen molar-refractivity contribution in [3.8, 4) is 0 Å². The first kappa shape index (κ1) is 11.5. The van der Waals surface area contributed by atoms with Crippen molar-refractivity contribution in [1.29, 1.82) is 0 Å². The molecule has 0 radical (unpaired) electrons. The number of carbonyl (C=O) groups is 1. The molecular weight excluding hydrogens is 178 g/mol. The minimum absolute atomic E-state index is 0.259. The first-order valence-electron chi connectivity index (χ1n) is 5.52. The molecule has 1 fully saturated rings. The van der Waals surface area contributed by atoms with Gasteiger partial charge in [-0.3, -0.25) is 4.79 Å². The molecule has 0 saturated heterocycles. The van der Waals surface area contributed by atoms with E-state index in [0.29, 0.717) is 5.92 Å². The molecule has 14 heavy (non-hydrogen) atoms. The summed E-state index contributed by atoms with van der Waals surface area (Å²) in [6.07, 6.45) is 5.83. The largest absolute Gasteiger partial charge is 0.468 e. The minimum Gasteiger partial charge on any atom is -0.468 e. The Balaban J connectivity index is 2.37. The number of esters is 1. The van der Waals surface area contributed by atoms with E-state index in [9.17, 15) is 4.79 Å². The van der Waals surface area contributed by atoms with Crippen LogP contribution >= 0.6 is 0 Å². The summed E-state index contributed by atoms with van der Waals surface area (Å²) in [4.78, 5) is 11.2. The number of hydrogen-bond acceptors (Lipinski definition) is 3. The van der Waals surface area contributed by atoms with Gasteiger partial charge in [0.25, 0.3) is 0 Å². The van der Waals surface area contributed by atoms with E-state index in [1.165, 1.54) is 26.4 Å². The Morgan fingerprint density at radius 3 is 2.43 bits per heavy atom. The fourth-order valence-corrected chi connectivity index (χ4v) is 2.28. The predicted molar refractivity (Wildman–Crippen MR) is 55.7 cm³/mol. The first-order valence-corrected chi connectivity index (χ1v) is 5.52. The summed E-state index contributed by atoms with van der Waals surface area (Å²) in [5, 5.41) is 0. The van der Waals surface area contributed by atoms with Gasteiger partial charge in [-0.05, 0) is 24.7 Å². The maximum Gasteiger partial charge on any atom is 0.322 e. The van der Waals surface area contributed by atoms with Gasteiger partial charge in [-0.1, -0.05) is 26.2 Å². The van der Waals surface area contributed by atoms with Crippen molar-refractivity contribution < 1.29 is 9.53 Å². The quantitative estimate of drug-likeness (QED) is 0.704. The van der Waals surface area contributed by atoms with Crippen LogP contribution in [0.4, 0.5) is 0 Å². The highest BCUT2D eigenvalue weighted by molar-refractivity contribution is 5.75. The number of hydrogen-bond donors (Lipinski definition) is 1. The van der Waals surface area contributed by atoms with Gasteiger partial charge in [0, 0.05) is 0 Å². The summed E-state index contributed by atoms with van der Waals surface area (Å²) in [6, 6.07) is -0.405. The van der Waals surface area contributed by atoms with Gasteiger partial charge in [0.05, 0.1) is 7.11 Å². The average molecular weight is 199 g/mol. The van der Waals surface area contributed by atoms with Gasteiger partial charge in [0.15, 0.2) is 0 Å². The Labute approximate surface area is 86.0 Å². The van der Waals surface area contributed by atoms with Crippen molar-refractivity contribution in [2.24, 2.45) is 17.6 Å². The molecule has 0 heterocycles. The van der Waals surface area contributed by atoms with Gasteiger partial charge in [0.2, 0.25) is 0 Å². The molecule has 3 heteroatoms. The van der Waals surface area contributed by atoms with Crippen LogP contribution in [0.2, 0.25) is 0 Å². The fourth-order valence-electron chi connectivity index (χ4n) is 2.28. The molecule has 1 unspecified atom stereocenters. The lowest BCUT2D eigenvalue weighted by molar-refractivity contribution is -0.143. The molecule has 1 aliphatic rings. The van der Waals surface area contributed by atoms with Crippen LogP contribution in [0.25, 0.3) is 0 Å². The van der Waals surface area contributed by atoms with E-state index >= 15 is 0 Å². The van der Waals surface area contributed by atoms with Crippen LogP contribution in [0.15, 0.2) is 0 Å². The second-order valence-corrected chi connectivity index (χ2v) is 4.24. The zero-order valence-corrected chi connectivity index (χ0v) is 9.16. The number of nitrogens with two attached hydrogens (primary N) is 1. The third kappa shape index (κ3) is 2.71. The van der Waals surface area contributed by atoms with Crippen molar-refractivity contribution >= 4 is 5.97 Å². The van der Waals surface area contributed by atoms with E-state index in [2.05, 4.69) is 11.7 Å². The molecule has 3 nitrogen and oxygen atoms in total. The van der Waals surface area contributed by atoms with Crippen LogP contribution in [-0.4, -0.2) is 19.1 Å². The Morgan fingerprint density at radius 1 is 1.43 bits per heavy atom. The van der Waals surface area contributed by atoms with Crippen molar-refractivity contribution in [2.75, 3.05) is 7.11 Å². The highest BCUT2D eigenvalue weighted by Crippen LogP contribution is 2.32. The molecule has 0 spiro atoms. The monoisotopic (exact) mass is 199 g/mol. The molecule has 0 aromatic heterocycles. The molecule has 0 bridgehead atoms. The first-order chi connectivity index (χ1) is 6.69. The lowest BCUT2D eigenvalue weighted by Gasteiger charge is -2.30. The number of methoxy groups -OCH3 is 1. The third-order valence-electron chi connectivity index (χ3n) is 3.45. The van der Waals surface area contributed by atoms with Crippen LogP contribution in [0, 0.1) is 11.8 Å². The third-order valence-corrected chi connectivity index (χ3v) is 3.45. The van der Waals surface area contributed by atoms with Crippen molar-refractivity contribution in [3.63, 3.8) is 0 Å². The summed E-state index contributed by atoms with van der Waals surface area (Å²) in [6.45, 7) is 2.23. The zero-order valence-electron chi connectivity index (χ0n) is 9.16. The lowest BCUT2D eigenvalue weighted by Crippen LogP contribution is -2.40. The zero-order chi connectivity index (χ0) is 10.6. The average Bonchev–Trinajstić information content (AvgIpc) is 2.27. The maximum absolute atomic E-state index is 11.2. The smallest absolute Gasteiger partial charge is 0.322 e. The Bertz CT molecular complexity index is 186. The Kier molecular flexibility index (Phi) is 4.39. The van der Waals surface area contributed by atoms with Crippen LogP contribution in [0.5, 0.6) is 0 Å². The molecule has 1 saturated carbocycles. The molecule has 1 rings (SSSR count). The molecule has 0 aromatic carbocycles. The SMILES string of the molecule is CCC1CCC(C(N)C(=O)OC)CC1. The molecule has 1 atom stereocenters. The fraction of sp³-hybridized carbons (Fsp3) is 0.909. The second-order valence-electron chi connectivity index (χ2n) is 4.24. The molecule has 0 aliphatic heterocycles. The van der Waals surface area contributed by atoms with E-state index in [1.807, 2.05) is 0 Å². The molecular formula is C11H21NO2. The summed E-state index contributed by atoms with van der Waals surface area (Å²) in [5.74, 6) is 0.922. The van der Waals surface area contributed by atoms with Crippen LogP contribution < -0.4 is 5.73 Å². The highest BCUT2D eigenvalue weighted by atomic mass is 16.5. The van der Waals surface area contributed by atoms with E-state index < -0.39 is 6.04 Å². The van der Waals surface area contributed by atoms with Crippen LogP contribution in [0.1, 0.15) is 39.0 Å². The summed E-state index contributed by atoms with van der Waals surface area (Å²) >= 11 is 0. The van der Waals surface area contributed by atoms with Crippen molar-refractivity contribution in [3.05, 3.63) is 0 Å². The number of ether oxygens (including phenoxy) is 1. The Hall–Kier alpha value is -0.570. The Morgan fingerprint density at radius 2 is 2.00 bits per heavy atom. The lowest BCUT2D eigenvalue weighted by atomic mass is 9.78. The van der Waals surface area contributed by atoms with Crippen LogP contribution in [0.3, 0.4) is 0 Å². The number of carbonyl (C=O) groups excluding carboxylic acids is 1. The minimum atomic E-state index is -0.405. The molecule has 2 N–H and O–H groups in total. The summed E-state index contributed by atoms with van der Waals surface area (Å²) in [5.41, 5.74) is 5.81. The van der Waals surface area contributed by atoms with E-state index in [4.69, 9.17) is 5.73 Å². The topological polar surface area (TPSA) is 52.3 Å². The molecule has 1 aliphatic carbocycles. The van der Waals surface area contributed by atoms with Gasteiger partial charge in [0.1, 0.15) is 6.04 Å². The predicted octanol–water partition coefficient (Wildman–Crippen LogP) is 1.70. The molecule has 82 valence electrons. The normalized spacial score (nSPS) is 29.6. The van der Waals surface area contributed by atoms with E-state index in [-0.39, 0.29) is 5.97 Å². The van der Waals surface area contributed by atoms with E-state index in [1.54, 1.807) is 0 Å². The van der Waals surface area contributed by atoms with Crippen LogP contribution in [-0.2, 0) is 9.53 Å². The van der Waals surface area contributed by atoms with E-state index in [0.717, 1.165) is 18.8 Å². The summed E-state index contributed by atoms with van der Waals surface area (Å²) < 4.78 is 4.65. The van der Waals surface area contributed by atoms with Gasteiger partial charge in [-0.2, -0.15) is 0 Å². The maximum atomic E-state index is 11.2. The van der Waals surface area contributed by atoms with Gasteiger partial charge >= 0.3 is 5.97 Å². The standard InChI is InChI=1S/C11H21NO2/c1-3-8-4-6-9(7-5-8)10(12)11(13)14-2/h8-10H,3-7,12H2,1-2H3. The highest BCUT2D eigenvalue weighted by Gasteiger charge is 2.29. The van der Waals surface area contributed by atoms with Gasteiger partial charge in [-0.25, -0.2) is 0 Å².